The minimum absolute atomic E-state index is 0.491. The molecule has 0 atom stereocenters. The van der Waals surface area contributed by atoms with Crippen LogP contribution in [0, 0.1) is 6.92 Å². The molecule has 6 heteroatoms. The van der Waals surface area contributed by atoms with Gasteiger partial charge in [-0.2, -0.15) is 4.98 Å². The molecule has 3 aromatic rings. The minimum Gasteiger partial charge on any atom is -0.497 e. The highest BCUT2D eigenvalue weighted by atomic mass is 16.5. The zero-order chi connectivity index (χ0) is 19.2. The first-order chi connectivity index (χ1) is 13.1. The molecule has 0 radical (unpaired) electrons. The Labute approximate surface area is 159 Å². The van der Waals surface area contributed by atoms with Crippen molar-refractivity contribution in [2.75, 3.05) is 31.0 Å². The third kappa shape index (κ3) is 4.28. The van der Waals surface area contributed by atoms with Gasteiger partial charge in [-0.15, -0.1) is 0 Å². The van der Waals surface area contributed by atoms with E-state index in [2.05, 4.69) is 58.3 Å². The average molecular weight is 364 g/mol. The van der Waals surface area contributed by atoms with E-state index in [9.17, 15) is 0 Å². The Morgan fingerprint density at radius 3 is 2.59 bits per heavy atom. The van der Waals surface area contributed by atoms with Gasteiger partial charge in [-0.05, 0) is 49.7 Å². The largest absolute Gasteiger partial charge is 0.497 e. The van der Waals surface area contributed by atoms with Crippen LogP contribution in [0.1, 0.15) is 12.5 Å². The molecule has 0 spiro atoms. The first-order valence-corrected chi connectivity index (χ1v) is 8.81. The number of hydrogen-bond donors (Lipinski definition) is 1. The van der Waals surface area contributed by atoms with Crippen molar-refractivity contribution in [3.05, 3.63) is 60.3 Å². The van der Waals surface area contributed by atoms with E-state index in [0.717, 1.165) is 29.5 Å². The van der Waals surface area contributed by atoms with Gasteiger partial charge in [0.2, 0.25) is 5.95 Å². The van der Waals surface area contributed by atoms with Crippen molar-refractivity contribution < 1.29 is 9.47 Å². The zero-order valence-corrected chi connectivity index (χ0v) is 16.1. The molecule has 140 valence electrons. The van der Waals surface area contributed by atoms with Gasteiger partial charge in [0.15, 0.2) is 0 Å². The van der Waals surface area contributed by atoms with E-state index < -0.39 is 0 Å². The van der Waals surface area contributed by atoms with Gasteiger partial charge in [0, 0.05) is 24.5 Å². The maximum Gasteiger partial charge on any atom is 0.229 e. The van der Waals surface area contributed by atoms with Crippen LogP contribution in [0.5, 0.6) is 11.5 Å². The second kappa shape index (κ2) is 8.40. The highest BCUT2D eigenvalue weighted by Crippen LogP contribution is 2.31. The lowest BCUT2D eigenvalue weighted by molar-refractivity contribution is 0.405. The van der Waals surface area contributed by atoms with E-state index >= 15 is 0 Å². The fourth-order valence-corrected chi connectivity index (χ4v) is 2.86. The monoisotopic (exact) mass is 364 g/mol. The summed E-state index contributed by atoms with van der Waals surface area (Å²) in [5.41, 5.74) is 3.05. The summed E-state index contributed by atoms with van der Waals surface area (Å²) >= 11 is 0. The number of rotatable bonds is 7. The van der Waals surface area contributed by atoms with E-state index in [1.807, 2.05) is 24.3 Å². The lowest BCUT2D eigenvalue weighted by atomic mass is 10.2. The topological polar surface area (TPSA) is 59.5 Å². The molecule has 0 amide bonds. The molecule has 1 N–H and O–H groups in total. The Balaban J connectivity index is 1.91. The summed E-state index contributed by atoms with van der Waals surface area (Å²) in [4.78, 5) is 11.2. The maximum absolute atomic E-state index is 5.41. The van der Waals surface area contributed by atoms with E-state index in [4.69, 9.17) is 9.47 Å². The summed E-state index contributed by atoms with van der Waals surface area (Å²) in [5, 5.41) is 3.23. The van der Waals surface area contributed by atoms with Gasteiger partial charge in [0.1, 0.15) is 17.3 Å². The van der Waals surface area contributed by atoms with Gasteiger partial charge in [-0.3, -0.25) is 0 Å². The second-order valence-corrected chi connectivity index (χ2v) is 6.01. The minimum atomic E-state index is 0.491. The number of ether oxygens (including phenoxy) is 2. The van der Waals surface area contributed by atoms with Crippen LogP contribution in [0.25, 0.3) is 0 Å². The summed E-state index contributed by atoms with van der Waals surface area (Å²) in [6, 6.07) is 15.8. The van der Waals surface area contributed by atoms with Gasteiger partial charge in [0.25, 0.3) is 0 Å². The van der Waals surface area contributed by atoms with Crippen molar-refractivity contribution in [3.63, 3.8) is 0 Å². The van der Waals surface area contributed by atoms with E-state index in [-0.39, 0.29) is 0 Å². The summed E-state index contributed by atoms with van der Waals surface area (Å²) in [6.07, 6.45) is 1.75. The number of benzene rings is 2. The van der Waals surface area contributed by atoms with Crippen molar-refractivity contribution in [1.82, 2.24) is 9.97 Å². The molecule has 3 rings (SSSR count). The fraction of sp³-hybridized carbons (Fsp3) is 0.238. The van der Waals surface area contributed by atoms with Crippen LogP contribution in [0.15, 0.2) is 54.7 Å². The van der Waals surface area contributed by atoms with Gasteiger partial charge in [-0.1, -0.05) is 12.1 Å². The molecule has 0 aliphatic heterocycles. The zero-order valence-electron chi connectivity index (χ0n) is 16.1. The Bertz CT molecular complexity index is 914. The second-order valence-electron chi connectivity index (χ2n) is 6.01. The molecule has 0 saturated heterocycles. The molecule has 6 nitrogen and oxygen atoms in total. The predicted octanol–water partition coefficient (Wildman–Crippen LogP) is 4.70. The molecule has 0 aliphatic rings. The van der Waals surface area contributed by atoms with Crippen molar-refractivity contribution in [2.24, 2.45) is 0 Å². The van der Waals surface area contributed by atoms with Gasteiger partial charge in [-0.25, -0.2) is 4.98 Å². The SMILES string of the molecule is CCN(c1cccc(C)c1)c1ccnc(Nc2cc(OC)ccc2OC)n1. The van der Waals surface area contributed by atoms with Crippen molar-refractivity contribution >= 4 is 23.1 Å². The summed E-state index contributed by atoms with van der Waals surface area (Å²) in [7, 11) is 3.25. The number of nitrogens with one attached hydrogen (secondary N) is 1. The van der Waals surface area contributed by atoms with Crippen molar-refractivity contribution in [3.8, 4) is 11.5 Å². The van der Waals surface area contributed by atoms with Gasteiger partial charge >= 0.3 is 0 Å². The number of aromatic nitrogens is 2. The number of nitrogens with zero attached hydrogens (tertiary/aromatic N) is 3. The Kier molecular flexibility index (Phi) is 5.76. The molecular formula is C21H24N4O2. The molecule has 0 fully saturated rings. The quantitative estimate of drug-likeness (QED) is 0.655. The smallest absolute Gasteiger partial charge is 0.229 e. The molecule has 0 saturated carbocycles. The Hall–Kier alpha value is -3.28. The number of aryl methyl sites for hydroxylation is 1. The molecular weight excluding hydrogens is 340 g/mol. The summed E-state index contributed by atoms with van der Waals surface area (Å²) in [5.74, 6) is 2.73. The lowest BCUT2D eigenvalue weighted by Crippen LogP contribution is -2.18. The third-order valence-corrected chi connectivity index (χ3v) is 4.20. The predicted molar refractivity (Wildman–Crippen MR) is 109 cm³/mol. The lowest BCUT2D eigenvalue weighted by Gasteiger charge is -2.23. The number of hydrogen-bond acceptors (Lipinski definition) is 6. The maximum atomic E-state index is 5.41. The first-order valence-electron chi connectivity index (χ1n) is 8.81. The van der Waals surface area contributed by atoms with Crippen LogP contribution in [-0.4, -0.2) is 30.7 Å². The Morgan fingerprint density at radius 2 is 1.89 bits per heavy atom. The van der Waals surface area contributed by atoms with Crippen molar-refractivity contribution in [2.45, 2.75) is 13.8 Å². The van der Waals surface area contributed by atoms with Crippen LogP contribution < -0.4 is 19.7 Å². The van der Waals surface area contributed by atoms with Crippen LogP contribution in [-0.2, 0) is 0 Å². The first kappa shape index (κ1) is 18.5. The van der Waals surface area contributed by atoms with E-state index in [1.54, 1.807) is 20.4 Å². The number of methoxy groups -OCH3 is 2. The average Bonchev–Trinajstić information content (AvgIpc) is 2.69. The molecule has 0 bridgehead atoms. The number of anilines is 4. The van der Waals surface area contributed by atoms with Crippen LogP contribution in [0.2, 0.25) is 0 Å². The van der Waals surface area contributed by atoms with Crippen molar-refractivity contribution in [1.29, 1.82) is 0 Å². The molecule has 2 aromatic carbocycles. The molecule has 27 heavy (non-hydrogen) atoms. The van der Waals surface area contributed by atoms with Gasteiger partial charge in [0.05, 0.1) is 19.9 Å². The fourth-order valence-electron chi connectivity index (χ4n) is 2.86. The van der Waals surface area contributed by atoms with Crippen LogP contribution >= 0.6 is 0 Å². The molecule has 1 aromatic heterocycles. The molecule has 0 aliphatic carbocycles. The van der Waals surface area contributed by atoms with Gasteiger partial charge < -0.3 is 19.7 Å². The highest BCUT2D eigenvalue weighted by Gasteiger charge is 2.12. The molecule has 1 heterocycles. The Morgan fingerprint density at radius 1 is 1.04 bits per heavy atom. The van der Waals surface area contributed by atoms with E-state index in [1.165, 1.54) is 5.56 Å². The molecule has 0 unspecified atom stereocenters. The normalized spacial score (nSPS) is 10.4. The van der Waals surface area contributed by atoms with Crippen LogP contribution in [0.3, 0.4) is 0 Å². The summed E-state index contributed by atoms with van der Waals surface area (Å²) < 4.78 is 10.7. The summed E-state index contributed by atoms with van der Waals surface area (Å²) in [6.45, 7) is 4.98. The third-order valence-electron chi connectivity index (χ3n) is 4.20. The van der Waals surface area contributed by atoms with Crippen LogP contribution in [0.4, 0.5) is 23.1 Å². The van der Waals surface area contributed by atoms with E-state index in [0.29, 0.717) is 11.7 Å². The highest BCUT2D eigenvalue weighted by molar-refractivity contribution is 5.67. The standard InChI is InChI=1S/C21H24N4O2/c1-5-25(16-8-6-7-15(2)13-16)20-11-12-22-21(24-20)23-18-14-17(26-3)9-10-19(18)27-4/h6-14H,5H2,1-4H3,(H,22,23,24).